The number of nitrogens with one attached hydrogen (secondary N) is 2. The number of benzene rings is 3. The molecule has 4 aromatic rings. The minimum atomic E-state index is -0.327. The van der Waals surface area contributed by atoms with E-state index in [0.717, 1.165) is 16.5 Å². The largest absolute Gasteiger partial charge is 0.360 e. The molecule has 2 atom stereocenters. The fourth-order valence-electron chi connectivity index (χ4n) is 3.89. The van der Waals surface area contributed by atoms with Gasteiger partial charge in [0.2, 0.25) is 0 Å². The lowest BCUT2D eigenvalue weighted by molar-refractivity contribution is -0.116. The molecule has 0 aliphatic carbocycles. The molecular weight excluding hydrogens is 365 g/mol. The molecular formula is C24H18FN3O. The average molecular weight is 383 g/mol. The van der Waals surface area contributed by atoms with Crippen LogP contribution in [-0.2, 0) is 4.79 Å². The zero-order valence-corrected chi connectivity index (χ0v) is 15.5. The van der Waals surface area contributed by atoms with Crippen molar-refractivity contribution in [1.82, 2.24) is 10.3 Å². The Labute approximate surface area is 167 Å². The van der Waals surface area contributed by atoms with Crippen LogP contribution in [0.1, 0.15) is 28.8 Å². The molecule has 0 unspecified atom stereocenters. The number of hydrogen-bond donors (Lipinski definition) is 2. The number of aliphatic imine (C=N–C) groups is 1. The third-order valence-corrected chi connectivity index (χ3v) is 5.28. The van der Waals surface area contributed by atoms with Crippen LogP contribution >= 0.6 is 0 Å². The summed E-state index contributed by atoms with van der Waals surface area (Å²) in [5.74, 6) is -0.566. The van der Waals surface area contributed by atoms with Crippen molar-refractivity contribution in [2.24, 2.45) is 4.99 Å². The van der Waals surface area contributed by atoms with E-state index in [1.165, 1.54) is 12.1 Å². The maximum absolute atomic E-state index is 13.6. The van der Waals surface area contributed by atoms with E-state index in [-0.39, 0.29) is 23.8 Å². The smallest absolute Gasteiger partial charge is 0.270 e. The second-order valence-corrected chi connectivity index (χ2v) is 7.09. The Bertz CT molecular complexity index is 1210. The fourth-order valence-corrected chi connectivity index (χ4v) is 3.89. The summed E-state index contributed by atoms with van der Waals surface area (Å²) in [6, 6.07) is 23.7. The molecule has 1 aliphatic rings. The number of nitrogens with zero attached hydrogens (tertiary/aromatic N) is 1. The number of halogens is 1. The summed E-state index contributed by atoms with van der Waals surface area (Å²) in [5.41, 5.74) is 3.68. The fraction of sp³-hybridized carbons (Fsp3) is 0.0833. The number of hydrogen-bond acceptors (Lipinski definition) is 2. The van der Waals surface area contributed by atoms with Gasteiger partial charge in [0.25, 0.3) is 5.91 Å². The van der Waals surface area contributed by atoms with Crippen molar-refractivity contribution in [3.05, 3.63) is 108 Å². The van der Waals surface area contributed by atoms with Crippen molar-refractivity contribution in [2.75, 3.05) is 0 Å². The summed E-state index contributed by atoms with van der Waals surface area (Å²) < 4.78 is 13.6. The molecule has 4 nitrogen and oxygen atoms in total. The first-order chi connectivity index (χ1) is 14.2. The Hall–Kier alpha value is -3.73. The number of fused-ring (bicyclic) bond motifs is 1. The van der Waals surface area contributed by atoms with Crippen molar-refractivity contribution in [3.63, 3.8) is 0 Å². The topological polar surface area (TPSA) is 57.2 Å². The Morgan fingerprint density at radius 2 is 1.55 bits per heavy atom. The molecule has 5 rings (SSSR count). The Balaban J connectivity index is 1.66. The number of H-pyrrole nitrogens is 1. The molecule has 0 fully saturated rings. The predicted octanol–water partition coefficient (Wildman–Crippen LogP) is 4.71. The van der Waals surface area contributed by atoms with Gasteiger partial charge in [0.05, 0.1) is 6.04 Å². The molecule has 1 aromatic heterocycles. The van der Waals surface area contributed by atoms with Crippen LogP contribution in [0.25, 0.3) is 10.9 Å². The lowest BCUT2D eigenvalue weighted by Crippen LogP contribution is -2.42. The SMILES string of the molecule is O=C1N[C@H](c2ccccc2)[C@@H](c2ccccc2)N=C1c1c[nH]c2cc(F)ccc12. The Morgan fingerprint density at radius 3 is 2.28 bits per heavy atom. The van der Waals surface area contributed by atoms with Crippen molar-refractivity contribution >= 4 is 22.5 Å². The lowest BCUT2D eigenvalue weighted by Gasteiger charge is -2.31. The number of aromatic nitrogens is 1. The summed E-state index contributed by atoms with van der Waals surface area (Å²) >= 11 is 0. The van der Waals surface area contributed by atoms with Gasteiger partial charge in [0.15, 0.2) is 0 Å². The third kappa shape index (κ3) is 3.10. The van der Waals surface area contributed by atoms with Crippen LogP contribution in [0.3, 0.4) is 0 Å². The summed E-state index contributed by atoms with van der Waals surface area (Å²) in [6.07, 6.45) is 1.72. The van der Waals surface area contributed by atoms with Gasteiger partial charge in [0.1, 0.15) is 17.6 Å². The second-order valence-electron chi connectivity index (χ2n) is 7.09. The minimum Gasteiger partial charge on any atom is -0.360 e. The zero-order chi connectivity index (χ0) is 19.8. The molecule has 2 N–H and O–H groups in total. The van der Waals surface area contributed by atoms with E-state index in [1.807, 2.05) is 60.7 Å². The van der Waals surface area contributed by atoms with E-state index >= 15 is 0 Å². The van der Waals surface area contributed by atoms with E-state index in [2.05, 4.69) is 10.3 Å². The minimum absolute atomic E-state index is 0.240. The maximum atomic E-state index is 13.6. The highest BCUT2D eigenvalue weighted by atomic mass is 19.1. The van der Waals surface area contributed by atoms with Crippen molar-refractivity contribution in [1.29, 1.82) is 0 Å². The third-order valence-electron chi connectivity index (χ3n) is 5.28. The van der Waals surface area contributed by atoms with Crippen molar-refractivity contribution in [3.8, 4) is 0 Å². The van der Waals surface area contributed by atoms with E-state index in [4.69, 9.17) is 4.99 Å². The second kappa shape index (κ2) is 7.02. The van der Waals surface area contributed by atoms with E-state index < -0.39 is 0 Å². The van der Waals surface area contributed by atoms with E-state index in [9.17, 15) is 9.18 Å². The Morgan fingerprint density at radius 1 is 0.862 bits per heavy atom. The first-order valence-corrected chi connectivity index (χ1v) is 9.46. The monoisotopic (exact) mass is 383 g/mol. The van der Waals surface area contributed by atoms with Gasteiger partial charge in [-0.2, -0.15) is 0 Å². The molecule has 0 saturated carbocycles. The molecule has 29 heavy (non-hydrogen) atoms. The standard InChI is InChI=1S/C24H18FN3O/c25-17-11-12-18-19(14-26-20(18)13-17)23-24(29)28-22(16-9-5-2-6-10-16)21(27-23)15-7-3-1-4-8-15/h1-14,21-22,26H,(H,28,29)/t21-,22-/m1/s1. The molecule has 3 aromatic carbocycles. The molecule has 2 heterocycles. The molecule has 0 spiro atoms. The van der Waals surface area contributed by atoms with Crippen LogP contribution in [0.2, 0.25) is 0 Å². The molecule has 0 saturated heterocycles. The highest BCUT2D eigenvalue weighted by Gasteiger charge is 2.34. The van der Waals surface area contributed by atoms with Gasteiger partial charge in [-0.3, -0.25) is 9.79 Å². The molecule has 142 valence electrons. The lowest BCUT2D eigenvalue weighted by atomic mass is 9.91. The maximum Gasteiger partial charge on any atom is 0.270 e. The van der Waals surface area contributed by atoms with E-state index in [0.29, 0.717) is 16.8 Å². The molecule has 5 heteroatoms. The normalized spacial score (nSPS) is 19.1. The summed E-state index contributed by atoms with van der Waals surface area (Å²) in [7, 11) is 0. The summed E-state index contributed by atoms with van der Waals surface area (Å²) in [4.78, 5) is 21.0. The van der Waals surface area contributed by atoms with Crippen molar-refractivity contribution < 1.29 is 9.18 Å². The van der Waals surface area contributed by atoms with Crippen LogP contribution < -0.4 is 5.32 Å². The van der Waals surface area contributed by atoms with Crippen LogP contribution in [0.15, 0.2) is 90.1 Å². The number of rotatable bonds is 3. The highest BCUT2D eigenvalue weighted by molar-refractivity contribution is 6.47. The zero-order valence-electron chi connectivity index (χ0n) is 15.5. The highest BCUT2D eigenvalue weighted by Crippen LogP contribution is 2.36. The molecule has 0 radical (unpaired) electrons. The first kappa shape index (κ1) is 17.4. The predicted molar refractivity (Wildman–Crippen MR) is 111 cm³/mol. The van der Waals surface area contributed by atoms with Gasteiger partial charge >= 0.3 is 0 Å². The van der Waals surface area contributed by atoms with Crippen LogP contribution in [0.4, 0.5) is 4.39 Å². The van der Waals surface area contributed by atoms with Crippen LogP contribution in [0.5, 0.6) is 0 Å². The van der Waals surface area contributed by atoms with Gasteiger partial charge in [-0.1, -0.05) is 60.7 Å². The van der Waals surface area contributed by atoms with Gasteiger partial charge in [-0.15, -0.1) is 0 Å². The van der Waals surface area contributed by atoms with Crippen molar-refractivity contribution in [2.45, 2.75) is 12.1 Å². The first-order valence-electron chi connectivity index (χ1n) is 9.46. The van der Waals surface area contributed by atoms with Gasteiger partial charge in [0, 0.05) is 22.7 Å². The molecule has 1 amide bonds. The number of carbonyl (C=O) groups excluding carboxylic acids is 1. The Kier molecular flexibility index (Phi) is 4.21. The van der Waals surface area contributed by atoms with E-state index in [1.54, 1.807) is 12.3 Å². The number of amides is 1. The molecule has 1 aliphatic heterocycles. The van der Waals surface area contributed by atoms with Crippen LogP contribution in [-0.4, -0.2) is 16.6 Å². The van der Waals surface area contributed by atoms with Gasteiger partial charge < -0.3 is 10.3 Å². The van der Waals surface area contributed by atoms with Gasteiger partial charge in [-0.25, -0.2) is 4.39 Å². The summed E-state index contributed by atoms with van der Waals surface area (Å²) in [6.45, 7) is 0. The number of carbonyl (C=O) groups is 1. The average Bonchev–Trinajstić information content (AvgIpc) is 3.17. The summed E-state index contributed by atoms with van der Waals surface area (Å²) in [5, 5.41) is 3.91. The van der Waals surface area contributed by atoms with Gasteiger partial charge in [-0.05, 0) is 29.3 Å². The number of aromatic amines is 1. The molecule has 0 bridgehead atoms. The van der Waals surface area contributed by atoms with Crippen LogP contribution in [0, 0.1) is 5.82 Å². The quantitative estimate of drug-likeness (QED) is 0.529.